The third-order valence-electron chi connectivity index (χ3n) is 4.48. The summed E-state index contributed by atoms with van der Waals surface area (Å²) >= 11 is 0. The van der Waals surface area contributed by atoms with E-state index in [1.165, 1.54) is 12.1 Å². The molecule has 5 nitrogen and oxygen atoms in total. The first kappa shape index (κ1) is 19.2. The van der Waals surface area contributed by atoms with Crippen LogP contribution < -0.4 is 0 Å². The predicted molar refractivity (Wildman–Crippen MR) is 91.7 cm³/mol. The van der Waals surface area contributed by atoms with Gasteiger partial charge in [0.1, 0.15) is 5.82 Å². The number of halogens is 1. The topological polar surface area (TPSA) is 55.8 Å². The second-order valence-corrected chi connectivity index (χ2v) is 6.22. The average molecular weight is 351 g/mol. The number of benzene rings is 1. The molecule has 6 heteroatoms. The van der Waals surface area contributed by atoms with Crippen LogP contribution in [0.4, 0.5) is 9.18 Å². The largest absolute Gasteiger partial charge is 0.466 e. The second kappa shape index (κ2) is 9.39. The number of rotatable bonds is 6. The maximum Gasteiger partial charge on any atom is 0.409 e. The molecule has 2 unspecified atom stereocenters. The smallest absolute Gasteiger partial charge is 0.409 e. The van der Waals surface area contributed by atoms with Gasteiger partial charge < -0.3 is 14.4 Å². The highest BCUT2D eigenvalue weighted by atomic mass is 19.1. The highest BCUT2D eigenvalue weighted by Crippen LogP contribution is 2.34. The Kier molecular flexibility index (Phi) is 7.22. The highest BCUT2D eigenvalue weighted by Gasteiger charge is 2.38. The molecule has 1 heterocycles. The number of nitrogens with zero attached hydrogens (tertiary/aromatic N) is 1. The molecule has 0 saturated carbocycles. The Labute approximate surface area is 148 Å². The third-order valence-corrected chi connectivity index (χ3v) is 4.48. The van der Waals surface area contributed by atoms with Crippen molar-refractivity contribution < 1.29 is 23.5 Å². The number of ether oxygens (including phenoxy) is 2. The Morgan fingerprint density at radius 3 is 2.56 bits per heavy atom. The maximum atomic E-state index is 13.2. The molecule has 1 aliphatic rings. The molecule has 1 amide bonds. The Bertz CT molecular complexity index is 575. The maximum absolute atomic E-state index is 13.2. The molecule has 1 saturated heterocycles. The lowest BCUT2D eigenvalue weighted by molar-refractivity contribution is -0.150. The third kappa shape index (κ3) is 5.18. The van der Waals surface area contributed by atoms with Crippen molar-refractivity contribution in [2.75, 3.05) is 26.3 Å². The number of amides is 1. The first-order chi connectivity index (χ1) is 12.1. The summed E-state index contributed by atoms with van der Waals surface area (Å²) in [6.45, 7) is 5.32. The quantitative estimate of drug-likeness (QED) is 0.579. The number of piperidine rings is 1. The van der Waals surface area contributed by atoms with Crippen LogP contribution in [-0.4, -0.2) is 43.3 Å². The Morgan fingerprint density at radius 1 is 1.20 bits per heavy atom. The standard InChI is InChI=1S/C19H26FNO4/c1-3-5-12-25-19(23)21-11-10-16(18(22)24-4-2)17(13-21)14-6-8-15(20)9-7-14/h6-9,16-17H,3-5,10-13H2,1-2H3. The minimum absolute atomic E-state index is 0.230. The van der Waals surface area contributed by atoms with E-state index in [9.17, 15) is 14.0 Å². The number of hydrogen-bond donors (Lipinski definition) is 0. The van der Waals surface area contributed by atoms with Crippen molar-refractivity contribution in [3.05, 3.63) is 35.6 Å². The van der Waals surface area contributed by atoms with Crippen LogP contribution in [-0.2, 0) is 14.3 Å². The van der Waals surface area contributed by atoms with Gasteiger partial charge in [-0.1, -0.05) is 25.5 Å². The molecule has 0 radical (unpaired) electrons. The van der Waals surface area contributed by atoms with Gasteiger partial charge >= 0.3 is 12.1 Å². The zero-order chi connectivity index (χ0) is 18.2. The van der Waals surface area contributed by atoms with Gasteiger partial charge in [0.05, 0.1) is 19.1 Å². The molecule has 138 valence electrons. The van der Waals surface area contributed by atoms with Gasteiger partial charge in [-0.3, -0.25) is 4.79 Å². The van der Waals surface area contributed by atoms with E-state index in [0.29, 0.717) is 32.7 Å². The molecule has 0 aliphatic carbocycles. The Morgan fingerprint density at radius 2 is 1.92 bits per heavy atom. The molecule has 1 aromatic carbocycles. The molecule has 0 bridgehead atoms. The molecule has 0 N–H and O–H groups in total. The first-order valence-electron chi connectivity index (χ1n) is 8.90. The van der Waals surface area contributed by atoms with Crippen LogP contribution in [0.3, 0.4) is 0 Å². The number of carbonyl (C=O) groups is 2. The fourth-order valence-electron chi connectivity index (χ4n) is 3.09. The van der Waals surface area contributed by atoms with Gasteiger partial charge in [-0.2, -0.15) is 0 Å². The van der Waals surface area contributed by atoms with Gasteiger partial charge in [-0.05, 0) is 37.5 Å². The summed E-state index contributed by atoms with van der Waals surface area (Å²) in [7, 11) is 0. The van der Waals surface area contributed by atoms with Crippen LogP contribution in [0, 0.1) is 11.7 Å². The van der Waals surface area contributed by atoms with Crippen LogP contribution in [0.15, 0.2) is 24.3 Å². The normalized spacial score (nSPS) is 20.2. The monoisotopic (exact) mass is 351 g/mol. The molecular formula is C19H26FNO4. The van der Waals surface area contributed by atoms with Crippen molar-refractivity contribution in [1.29, 1.82) is 0 Å². The summed E-state index contributed by atoms with van der Waals surface area (Å²) in [6.07, 6.45) is 1.93. The SMILES string of the molecule is CCCCOC(=O)N1CCC(C(=O)OCC)C(c2ccc(F)cc2)C1. The lowest BCUT2D eigenvalue weighted by Gasteiger charge is -2.37. The van der Waals surface area contributed by atoms with Gasteiger partial charge in [-0.15, -0.1) is 0 Å². The highest BCUT2D eigenvalue weighted by molar-refractivity contribution is 5.75. The average Bonchev–Trinajstić information content (AvgIpc) is 2.62. The molecule has 25 heavy (non-hydrogen) atoms. The van der Waals surface area contributed by atoms with E-state index < -0.39 is 0 Å². The van der Waals surface area contributed by atoms with Crippen molar-refractivity contribution >= 4 is 12.1 Å². The zero-order valence-corrected chi connectivity index (χ0v) is 14.9. The number of carbonyl (C=O) groups excluding carboxylic acids is 2. The molecule has 0 spiro atoms. The van der Waals surface area contributed by atoms with E-state index in [1.54, 1.807) is 24.0 Å². The summed E-state index contributed by atoms with van der Waals surface area (Å²) in [4.78, 5) is 26.2. The fourth-order valence-corrected chi connectivity index (χ4v) is 3.09. The molecule has 2 atom stereocenters. The molecular weight excluding hydrogens is 325 g/mol. The van der Waals surface area contributed by atoms with Gasteiger partial charge in [0, 0.05) is 19.0 Å². The van der Waals surface area contributed by atoms with Crippen LogP contribution in [0.25, 0.3) is 0 Å². The van der Waals surface area contributed by atoms with Gasteiger partial charge in [0.15, 0.2) is 0 Å². The van der Waals surface area contributed by atoms with Crippen molar-refractivity contribution in [3.63, 3.8) is 0 Å². The molecule has 2 rings (SSSR count). The van der Waals surface area contributed by atoms with Crippen molar-refractivity contribution in [3.8, 4) is 0 Å². The van der Waals surface area contributed by atoms with Crippen molar-refractivity contribution in [2.45, 2.75) is 39.0 Å². The van der Waals surface area contributed by atoms with Crippen molar-refractivity contribution in [1.82, 2.24) is 4.90 Å². The van der Waals surface area contributed by atoms with E-state index in [1.807, 2.05) is 6.92 Å². The predicted octanol–water partition coefficient (Wildman–Crippen LogP) is 3.73. The number of hydrogen-bond acceptors (Lipinski definition) is 4. The lowest BCUT2D eigenvalue weighted by Crippen LogP contribution is -2.45. The van der Waals surface area contributed by atoms with Crippen LogP contribution >= 0.6 is 0 Å². The number of likely N-dealkylation sites (tertiary alicyclic amines) is 1. The van der Waals surface area contributed by atoms with E-state index >= 15 is 0 Å². The summed E-state index contributed by atoms with van der Waals surface area (Å²) in [5, 5.41) is 0. The Balaban J connectivity index is 2.13. The summed E-state index contributed by atoms with van der Waals surface area (Å²) < 4.78 is 23.7. The molecule has 1 fully saturated rings. The fraction of sp³-hybridized carbons (Fsp3) is 0.579. The second-order valence-electron chi connectivity index (χ2n) is 6.22. The van der Waals surface area contributed by atoms with Crippen LogP contribution in [0.1, 0.15) is 44.6 Å². The summed E-state index contributed by atoms with van der Waals surface area (Å²) in [5.74, 6) is -1.17. The van der Waals surface area contributed by atoms with Gasteiger partial charge in [0.2, 0.25) is 0 Å². The van der Waals surface area contributed by atoms with Gasteiger partial charge in [-0.25, -0.2) is 9.18 Å². The summed E-state index contributed by atoms with van der Waals surface area (Å²) in [6, 6.07) is 6.07. The first-order valence-corrected chi connectivity index (χ1v) is 8.90. The van der Waals surface area contributed by atoms with Crippen LogP contribution in [0.5, 0.6) is 0 Å². The van der Waals surface area contributed by atoms with E-state index in [-0.39, 0.29) is 29.7 Å². The van der Waals surface area contributed by atoms with Crippen LogP contribution in [0.2, 0.25) is 0 Å². The Hall–Kier alpha value is -2.11. The van der Waals surface area contributed by atoms with E-state index in [0.717, 1.165) is 18.4 Å². The van der Waals surface area contributed by atoms with E-state index in [4.69, 9.17) is 9.47 Å². The van der Waals surface area contributed by atoms with E-state index in [2.05, 4.69) is 0 Å². The van der Waals surface area contributed by atoms with Crippen molar-refractivity contribution in [2.24, 2.45) is 5.92 Å². The molecule has 1 aromatic rings. The summed E-state index contributed by atoms with van der Waals surface area (Å²) in [5.41, 5.74) is 0.825. The molecule has 0 aromatic heterocycles. The zero-order valence-electron chi connectivity index (χ0n) is 14.9. The number of unbranched alkanes of at least 4 members (excludes halogenated alkanes) is 1. The minimum Gasteiger partial charge on any atom is -0.466 e. The molecule has 1 aliphatic heterocycles. The number of esters is 1. The van der Waals surface area contributed by atoms with Gasteiger partial charge in [0.25, 0.3) is 0 Å². The lowest BCUT2D eigenvalue weighted by atomic mass is 9.81. The minimum atomic E-state index is -0.358.